The van der Waals surface area contributed by atoms with Gasteiger partial charge < -0.3 is 4.98 Å². The van der Waals surface area contributed by atoms with Gasteiger partial charge >= 0.3 is 0 Å². The molecule has 3 heterocycles. The summed E-state index contributed by atoms with van der Waals surface area (Å²) in [6.07, 6.45) is 0. The van der Waals surface area contributed by atoms with E-state index >= 15 is 0 Å². The predicted molar refractivity (Wildman–Crippen MR) is 116 cm³/mol. The number of aryl methyl sites for hydroxylation is 2. The van der Waals surface area contributed by atoms with Crippen LogP contribution in [0.2, 0.25) is 0 Å². The number of thiophene rings is 1. The summed E-state index contributed by atoms with van der Waals surface area (Å²) in [4.78, 5) is 22.0. The van der Waals surface area contributed by atoms with Crippen molar-refractivity contribution in [3.63, 3.8) is 0 Å². The summed E-state index contributed by atoms with van der Waals surface area (Å²) in [7, 11) is 0. The van der Waals surface area contributed by atoms with Crippen LogP contribution >= 0.6 is 46.7 Å². The first-order chi connectivity index (χ1) is 12.9. The molecule has 0 saturated carbocycles. The van der Waals surface area contributed by atoms with Crippen LogP contribution in [0.1, 0.15) is 28.4 Å². The number of aromatic amines is 1. The van der Waals surface area contributed by atoms with Gasteiger partial charge in [0.1, 0.15) is 10.7 Å². The second-order valence-electron chi connectivity index (χ2n) is 6.06. The lowest BCUT2D eigenvalue weighted by atomic mass is 10.2. The fraction of sp³-hybridized carbons (Fsp3) is 0.222. The molecule has 5 nitrogen and oxygen atoms in total. The van der Waals surface area contributed by atoms with E-state index in [9.17, 15) is 4.79 Å². The third kappa shape index (κ3) is 3.52. The number of thioether (sulfide) groups is 1. The molecule has 0 aliphatic heterocycles. The molecule has 4 aromatic rings. The van der Waals surface area contributed by atoms with Gasteiger partial charge in [-0.05, 0) is 50.7 Å². The molecule has 1 atom stereocenters. The first kappa shape index (κ1) is 18.5. The smallest absolute Gasteiger partial charge is 0.259 e. The number of hydrogen-bond acceptors (Lipinski definition) is 7. The monoisotopic (exact) mass is 432 g/mol. The van der Waals surface area contributed by atoms with Crippen molar-refractivity contribution in [2.24, 2.45) is 0 Å². The largest absolute Gasteiger partial charge is 0.309 e. The van der Waals surface area contributed by atoms with E-state index < -0.39 is 0 Å². The van der Waals surface area contributed by atoms with Crippen LogP contribution in [0, 0.1) is 17.8 Å². The zero-order chi connectivity index (χ0) is 19.1. The van der Waals surface area contributed by atoms with Gasteiger partial charge in [-0.2, -0.15) is 0 Å². The number of fused-ring (bicyclic) bond motifs is 1. The van der Waals surface area contributed by atoms with Crippen LogP contribution in [0.5, 0.6) is 0 Å². The normalized spacial score (nSPS) is 12.6. The zero-order valence-corrected chi connectivity index (χ0v) is 18.1. The van der Waals surface area contributed by atoms with Crippen molar-refractivity contribution in [2.75, 3.05) is 0 Å². The fourth-order valence-electron chi connectivity index (χ4n) is 2.71. The van der Waals surface area contributed by atoms with Gasteiger partial charge in [0.2, 0.25) is 0 Å². The summed E-state index contributed by atoms with van der Waals surface area (Å²) in [5.41, 5.74) is 1.87. The maximum absolute atomic E-state index is 12.5. The third-order valence-electron chi connectivity index (χ3n) is 4.25. The number of aromatic nitrogens is 4. The molecule has 1 N–H and O–H groups in total. The second-order valence-corrected chi connectivity index (χ2v) is 10.5. The molecule has 0 amide bonds. The highest BCUT2D eigenvalue weighted by atomic mass is 32.2. The molecule has 27 heavy (non-hydrogen) atoms. The minimum atomic E-state index is -0.0771. The zero-order valence-electron chi connectivity index (χ0n) is 14.8. The van der Waals surface area contributed by atoms with E-state index in [-0.39, 0.29) is 10.8 Å². The van der Waals surface area contributed by atoms with Gasteiger partial charge in [0, 0.05) is 4.88 Å². The van der Waals surface area contributed by atoms with Crippen LogP contribution in [-0.2, 0) is 0 Å². The van der Waals surface area contributed by atoms with Gasteiger partial charge in [-0.25, -0.2) is 9.67 Å². The molecule has 0 aliphatic carbocycles. The lowest BCUT2D eigenvalue weighted by Crippen LogP contribution is -2.12. The Hall–Kier alpha value is -1.81. The number of nitrogens with one attached hydrogen (secondary N) is 1. The fourth-order valence-corrected chi connectivity index (χ4v) is 6.31. The number of benzene rings is 1. The maximum Gasteiger partial charge on any atom is 0.259 e. The SMILES string of the molecule is Cc1sc2nc(C(C)Sc3nn(-c4ccccc4)c(=S)s3)[nH]c(=O)c2c1C. The molecule has 0 spiro atoms. The van der Waals surface area contributed by atoms with Crippen molar-refractivity contribution in [3.8, 4) is 5.69 Å². The van der Waals surface area contributed by atoms with Crippen molar-refractivity contribution < 1.29 is 0 Å². The highest BCUT2D eigenvalue weighted by molar-refractivity contribution is 8.01. The molecule has 1 unspecified atom stereocenters. The molecular weight excluding hydrogens is 416 g/mol. The quantitative estimate of drug-likeness (QED) is 0.344. The Morgan fingerprint density at radius 2 is 1.96 bits per heavy atom. The Morgan fingerprint density at radius 1 is 1.22 bits per heavy atom. The molecule has 4 rings (SSSR count). The van der Waals surface area contributed by atoms with Crippen LogP contribution in [0.3, 0.4) is 0 Å². The third-order valence-corrected chi connectivity index (χ3v) is 7.78. The van der Waals surface area contributed by atoms with E-state index in [0.29, 0.717) is 15.2 Å². The summed E-state index contributed by atoms with van der Waals surface area (Å²) in [5.74, 6) is 0.658. The number of hydrogen-bond donors (Lipinski definition) is 1. The van der Waals surface area contributed by atoms with Gasteiger partial charge in [0.05, 0.1) is 16.3 Å². The van der Waals surface area contributed by atoms with Gasteiger partial charge in [-0.1, -0.05) is 41.3 Å². The van der Waals surface area contributed by atoms with Crippen molar-refractivity contribution in [3.05, 3.63) is 60.9 Å². The molecule has 0 fully saturated rings. The van der Waals surface area contributed by atoms with E-state index in [1.54, 1.807) is 27.8 Å². The molecule has 0 aliphatic rings. The van der Waals surface area contributed by atoms with E-state index in [1.165, 1.54) is 11.3 Å². The van der Waals surface area contributed by atoms with Crippen LogP contribution in [0.25, 0.3) is 15.9 Å². The number of nitrogens with zero attached hydrogens (tertiary/aromatic N) is 3. The summed E-state index contributed by atoms with van der Waals surface area (Å²) >= 11 is 10.0. The second kappa shape index (κ2) is 7.31. The molecule has 0 saturated heterocycles. The lowest BCUT2D eigenvalue weighted by molar-refractivity contribution is 0.825. The summed E-state index contributed by atoms with van der Waals surface area (Å²) < 4.78 is 3.30. The Balaban J connectivity index is 1.65. The first-order valence-electron chi connectivity index (χ1n) is 8.26. The van der Waals surface area contributed by atoms with E-state index in [0.717, 1.165) is 25.3 Å². The van der Waals surface area contributed by atoms with Crippen molar-refractivity contribution >= 4 is 56.9 Å². The van der Waals surface area contributed by atoms with Gasteiger partial charge in [-0.3, -0.25) is 4.79 Å². The average molecular weight is 433 g/mol. The minimum Gasteiger partial charge on any atom is -0.309 e. The van der Waals surface area contributed by atoms with Gasteiger partial charge in [0.25, 0.3) is 5.56 Å². The van der Waals surface area contributed by atoms with E-state index in [1.807, 2.05) is 51.1 Å². The summed E-state index contributed by atoms with van der Waals surface area (Å²) in [6.45, 7) is 5.99. The first-order valence-corrected chi connectivity index (χ1v) is 11.2. The Morgan fingerprint density at radius 3 is 2.70 bits per heavy atom. The van der Waals surface area contributed by atoms with Crippen molar-refractivity contribution in [2.45, 2.75) is 30.4 Å². The summed E-state index contributed by atoms with van der Waals surface area (Å²) in [6, 6.07) is 9.83. The summed E-state index contributed by atoms with van der Waals surface area (Å²) in [5, 5.41) is 5.28. The molecule has 3 aromatic heterocycles. The minimum absolute atomic E-state index is 0.0467. The van der Waals surface area contributed by atoms with Crippen molar-refractivity contribution in [1.29, 1.82) is 0 Å². The molecule has 138 valence electrons. The van der Waals surface area contributed by atoms with Gasteiger partial charge in [-0.15, -0.1) is 16.4 Å². The molecular formula is C18H16N4OS4. The Bertz CT molecular complexity index is 1240. The van der Waals surface area contributed by atoms with Crippen LogP contribution in [0.4, 0.5) is 0 Å². The Labute approximate surface area is 173 Å². The lowest BCUT2D eigenvalue weighted by Gasteiger charge is -2.08. The van der Waals surface area contributed by atoms with Crippen LogP contribution in [-0.4, -0.2) is 19.7 Å². The van der Waals surface area contributed by atoms with Crippen LogP contribution in [0.15, 0.2) is 39.5 Å². The molecule has 0 bridgehead atoms. The molecule has 1 aromatic carbocycles. The van der Waals surface area contributed by atoms with E-state index in [4.69, 9.17) is 12.2 Å². The van der Waals surface area contributed by atoms with Gasteiger partial charge in [0.15, 0.2) is 8.29 Å². The Kier molecular flexibility index (Phi) is 5.02. The maximum atomic E-state index is 12.5. The average Bonchev–Trinajstić information content (AvgIpc) is 3.15. The number of rotatable bonds is 4. The highest BCUT2D eigenvalue weighted by Gasteiger charge is 2.18. The van der Waals surface area contributed by atoms with Crippen molar-refractivity contribution in [1.82, 2.24) is 19.7 Å². The number of para-hydroxylation sites is 1. The topological polar surface area (TPSA) is 63.6 Å². The predicted octanol–water partition coefficient (Wildman–Crippen LogP) is 5.43. The molecule has 9 heteroatoms. The van der Waals surface area contributed by atoms with Crippen LogP contribution < -0.4 is 5.56 Å². The standard InChI is InChI=1S/C18H16N4OS4/c1-9-10(2)25-16-13(9)15(23)19-14(20-16)11(3)26-17-21-22(18(24)27-17)12-7-5-4-6-8-12/h4-8,11H,1-3H3,(H,19,20,23). The molecule has 0 radical (unpaired) electrons. The highest BCUT2D eigenvalue weighted by Crippen LogP contribution is 2.36. The van der Waals surface area contributed by atoms with E-state index in [2.05, 4.69) is 15.1 Å². The number of H-pyrrole nitrogens is 1.